The van der Waals surface area contributed by atoms with Gasteiger partial charge in [-0.2, -0.15) is 0 Å². The second-order valence-electron chi connectivity index (χ2n) is 6.03. The van der Waals surface area contributed by atoms with E-state index in [1.165, 1.54) is 24.8 Å². The van der Waals surface area contributed by atoms with Gasteiger partial charge in [-0.3, -0.25) is 0 Å². The third kappa shape index (κ3) is 4.59. The molecule has 2 N–H and O–H groups in total. The quantitative estimate of drug-likeness (QED) is 0.783. The molecular formula is C17H25Cl2NO. The summed E-state index contributed by atoms with van der Waals surface area (Å²) in [6.45, 7) is 3.45. The summed E-state index contributed by atoms with van der Waals surface area (Å²) in [5.74, 6) is 1.04. The molecule has 0 aromatic heterocycles. The van der Waals surface area contributed by atoms with Crippen molar-refractivity contribution in [2.75, 3.05) is 13.2 Å². The van der Waals surface area contributed by atoms with Crippen molar-refractivity contribution in [2.24, 2.45) is 11.8 Å². The van der Waals surface area contributed by atoms with Gasteiger partial charge in [-0.05, 0) is 55.3 Å². The van der Waals surface area contributed by atoms with Crippen LogP contribution in [-0.2, 0) is 0 Å². The Labute approximate surface area is 137 Å². The van der Waals surface area contributed by atoms with Crippen molar-refractivity contribution in [3.8, 4) is 0 Å². The van der Waals surface area contributed by atoms with E-state index in [2.05, 4.69) is 12.2 Å². The topological polar surface area (TPSA) is 32.3 Å². The van der Waals surface area contributed by atoms with Crippen molar-refractivity contribution in [1.29, 1.82) is 0 Å². The number of aliphatic hydroxyl groups excluding tert-OH is 1. The van der Waals surface area contributed by atoms with E-state index in [0.717, 1.165) is 19.4 Å². The smallest absolute Gasteiger partial charge is 0.0595 e. The van der Waals surface area contributed by atoms with Crippen LogP contribution in [0.15, 0.2) is 18.2 Å². The normalized spacial score (nSPS) is 24.0. The standard InChI is InChI=1S/C17H25Cl2NO/c1-2-17(12-7-8-15(18)16(19)9-12)20-10-13-5-3-4-6-14(13)11-21/h7-9,13-14,17,20-21H,2-6,10-11H2,1H3. The van der Waals surface area contributed by atoms with Crippen molar-refractivity contribution in [3.05, 3.63) is 33.8 Å². The van der Waals surface area contributed by atoms with Gasteiger partial charge in [0.1, 0.15) is 0 Å². The van der Waals surface area contributed by atoms with Crippen LogP contribution in [0.2, 0.25) is 10.0 Å². The minimum Gasteiger partial charge on any atom is -0.396 e. The molecule has 1 aromatic carbocycles. The van der Waals surface area contributed by atoms with Gasteiger partial charge in [0.25, 0.3) is 0 Å². The van der Waals surface area contributed by atoms with Crippen LogP contribution in [0.5, 0.6) is 0 Å². The van der Waals surface area contributed by atoms with E-state index in [4.69, 9.17) is 23.2 Å². The lowest BCUT2D eigenvalue weighted by molar-refractivity contribution is 0.131. The monoisotopic (exact) mass is 329 g/mol. The second kappa shape index (κ2) is 8.38. The van der Waals surface area contributed by atoms with Crippen LogP contribution < -0.4 is 5.32 Å². The van der Waals surface area contributed by atoms with Crippen molar-refractivity contribution in [2.45, 2.75) is 45.1 Å². The van der Waals surface area contributed by atoms with E-state index in [0.29, 0.717) is 34.5 Å². The summed E-state index contributed by atoms with van der Waals surface area (Å²) >= 11 is 12.1. The number of halogens is 2. The average Bonchev–Trinajstić information content (AvgIpc) is 2.51. The molecule has 21 heavy (non-hydrogen) atoms. The zero-order valence-electron chi connectivity index (χ0n) is 12.6. The lowest BCUT2D eigenvalue weighted by Crippen LogP contribution is -2.34. The van der Waals surface area contributed by atoms with Crippen LogP contribution in [0.4, 0.5) is 0 Å². The summed E-state index contributed by atoms with van der Waals surface area (Å²) in [7, 11) is 0. The number of rotatable bonds is 6. The number of benzene rings is 1. The fourth-order valence-electron chi connectivity index (χ4n) is 3.31. The number of hydrogen-bond donors (Lipinski definition) is 2. The van der Waals surface area contributed by atoms with Crippen LogP contribution >= 0.6 is 23.2 Å². The molecule has 0 bridgehead atoms. The van der Waals surface area contributed by atoms with Gasteiger partial charge in [0.05, 0.1) is 10.0 Å². The predicted octanol–water partition coefficient (Wildman–Crippen LogP) is 4.83. The Balaban J connectivity index is 1.96. The van der Waals surface area contributed by atoms with Crippen LogP contribution in [0, 0.1) is 11.8 Å². The molecule has 0 radical (unpaired) electrons. The van der Waals surface area contributed by atoms with Crippen LogP contribution in [0.25, 0.3) is 0 Å². The van der Waals surface area contributed by atoms with Gasteiger partial charge < -0.3 is 10.4 Å². The highest BCUT2D eigenvalue weighted by molar-refractivity contribution is 6.42. The van der Waals surface area contributed by atoms with Gasteiger partial charge in [-0.1, -0.05) is 49.0 Å². The molecule has 0 spiro atoms. The minimum absolute atomic E-state index is 0.293. The Bertz CT molecular complexity index is 452. The molecule has 1 fully saturated rings. The predicted molar refractivity (Wildman–Crippen MR) is 90.0 cm³/mol. The Hall–Kier alpha value is -0.280. The number of hydrogen-bond acceptors (Lipinski definition) is 2. The van der Waals surface area contributed by atoms with E-state index in [-0.39, 0.29) is 0 Å². The molecule has 0 saturated heterocycles. The third-order valence-electron chi connectivity index (χ3n) is 4.68. The summed E-state index contributed by atoms with van der Waals surface area (Å²) in [4.78, 5) is 0. The molecule has 1 aliphatic rings. The van der Waals surface area contributed by atoms with Crippen molar-refractivity contribution in [1.82, 2.24) is 5.32 Å². The number of nitrogens with one attached hydrogen (secondary N) is 1. The summed E-state index contributed by atoms with van der Waals surface area (Å²) < 4.78 is 0. The van der Waals surface area contributed by atoms with Crippen LogP contribution in [-0.4, -0.2) is 18.3 Å². The van der Waals surface area contributed by atoms with Gasteiger partial charge in [0.15, 0.2) is 0 Å². The van der Waals surface area contributed by atoms with E-state index in [9.17, 15) is 5.11 Å². The highest BCUT2D eigenvalue weighted by Gasteiger charge is 2.25. The summed E-state index contributed by atoms with van der Waals surface area (Å²) in [5.41, 5.74) is 1.18. The Kier molecular flexibility index (Phi) is 6.81. The van der Waals surface area contributed by atoms with Crippen LogP contribution in [0.1, 0.15) is 50.6 Å². The summed E-state index contributed by atoms with van der Waals surface area (Å²) in [5, 5.41) is 14.4. The maximum Gasteiger partial charge on any atom is 0.0595 e. The lowest BCUT2D eigenvalue weighted by Gasteiger charge is -2.32. The van der Waals surface area contributed by atoms with Crippen molar-refractivity contribution in [3.63, 3.8) is 0 Å². The van der Waals surface area contributed by atoms with E-state index >= 15 is 0 Å². The van der Waals surface area contributed by atoms with Gasteiger partial charge in [0.2, 0.25) is 0 Å². The van der Waals surface area contributed by atoms with Crippen LogP contribution in [0.3, 0.4) is 0 Å². The Morgan fingerprint density at radius 2 is 1.90 bits per heavy atom. The lowest BCUT2D eigenvalue weighted by atomic mass is 9.79. The fourth-order valence-corrected chi connectivity index (χ4v) is 3.62. The van der Waals surface area contributed by atoms with E-state index in [1.54, 1.807) is 0 Å². The fraction of sp³-hybridized carbons (Fsp3) is 0.647. The minimum atomic E-state index is 0.293. The first-order chi connectivity index (χ1) is 10.2. The van der Waals surface area contributed by atoms with Crippen molar-refractivity contribution < 1.29 is 5.11 Å². The molecule has 0 aliphatic heterocycles. The SMILES string of the molecule is CCC(NCC1CCCCC1CO)c1ccc(Cl)c(Cl)c1. The molecule has 3 unspecified atom stereocenters. The van der Waals surface area contributed by atoms with Gasteiger partial charge in [-0.15, -0.1) is 0 Å². The van der Waals surface area contributed by atoms with Crippen molar-refractivity contribution >= 4 is 23.2 Å². The average molecular weight is 330 g/mol. The maximum absolute atomic E-state index is 9.51. The molecule has 118 valence electrons. The van der Waals surface area contributed by atoms with E-state index in [1.807, 2.05) is 18.2 Å². The molecule has 1 aliphatic carbocycles. The zero-order chi connectivity index (χ0) is 15.2. The molecule has 2 nitrogen and oxygen atoms in total. The molecule has 1 saturated carbocycles. The summed E-state index contributed by atoms with van der Waals surface area (Å²) in [6.07, 6.45) is 5.93. The largest absolute Gasteiger partial charge is 0.396 e. The first kappa shape index (κ1) is 17.1. The zero-order valence-corrected chi connectivity index (χ0v) is 14.1. The molecule has 3 atom stereocenters. The molecule has 4 heteroatoms. The maximum atomic E-state index is 9.51. The second-order valence-corrected chi connectivity index (χ2v) is 6.84. The highest BCUT2D eigenvalue weighted by atomic mass is 35.5. The first-order valence-corrected chi connectivity index (χ1v) is 8.70. The molecule has 0 heterocycles. The molecular weight excluding hydrogens is 305 g/mol. The number of aliphatic hydroxyl groups is 1. The van der Waals surface area contributed by atoms with Gasteiger partial charge in [-0.25, -0.2) is 0 Å². The molecule has 0 amide bonds. The van der Waals surface area contributed by atoms with Gasteiger partial charge in [0, 0.05) is 12.6 Å². The molecule has 1 aromatic rings. The summed E-state index contributed by atoms with van der Waals surface area (Å²) in [6, 6.07) is 6.15. The Morgan fingerprint density at radius 1 is 1.19 bits per heavy atom. The Morgan fingerprint density at radius 3 is 2.52 bits per heavy atom. The highest BCUT2D eigenvalue weighted by Crippen LogP contribution is 2.31. The molecule has 2 rings (SSSR count). The first-order valence-electron chi connectivity index (χ1n) is 7.94. The third-order valence-corrected chi connectivity index (χ3v) is 5.42. The van der Waals surface area contributed by atoms with Gasteiger partial charge >= 0.3 is 0 Å². The van der Waals surface area contributed by atoms with E-state index < -0.39 is 0 Å².